The Balaban J connectivity index is 2.13. The summed E-state index contributed by atoms with van der Waals surface area (Å²) in [6, 6.07) is 8.85. The molecule has 14 heavy (non-hydrogen) atoms. The Hall–Kier alpha value is -0.0900. The predicted molar refractivity (Wildman–Crippen MR) is 68.0 cm³/mol. The van der Waals surface area contributed by atoms with Crippen molar-refractivity contribution >= 4 is 22.6 Å². The standard InChI is InChI=1S/C12H16IN/c13-11-7-3-6-10(8-11)12(14)9-4-1-2-5-9/h3,6-9,12H,1-2,4-5,14H2/t12-/m1/s1. The fraction of sp³-hybridized carbons (Fsp3) is 0.500. The molecule has 1 fully saturated rings. The van der Waals surface area contributed by atoms with Crippen LogP contribution in [0, 0.1) is 9.49 Å². The highest BCUT2D eigenvalue weighted by molar-refractivity contribution is 14.1. The molecule has 1 aliphatic carbocycles. The van der Waals surface area contributed by atoms with Crippen molar-refractivity contribution in [3.8, 4) is 0 Å². The highest BCUT2D eigenvalue weighted by Crippen LogP contribution is 2.34. The highest BCUT2D eigenvalue weighted by atomic mass is 127. The van der Waals surface area contributed by atoms with E-state index in [1.807, 2.05) is 0 Å². The minimum atomic E-state index is 0.257. The summed E-state index contributed by atoms with van der Waals surface area (Å²) in [5, 5.41) is 0. The van der Waals surface area contributed by atoms with E-state index in [0.29, 0.717) is 5.92 Å². The Morgan fingerprint density at radius 3 is 2.64 bits per heavy atom. The summed E-state index contributed by atoms with van der Waals surface area (Å²) in [6.45, 7) is 0. The Morgan fingerprint density at radius 2 is 2.00 bits per heavy atom. The zero-order chi connectivity index (χ0) is 9.97. The zero-order valence-corrected chi connectivity index (χ0v) is 10.4. The van der Waals surface area contributed by atoms with E-state index in [1.54, 1.807) is 0 Å². The van der Waals surface area contributed by atoms with Crippen LogP contribution in [0.3, 0.4) is 0 Å². The number of hydrogen-bond donors (Lipinski definition) is 1. The van der Waals surface area contributed by atoms with Crippen LogP contribution in [-0.2, 0) is 0 Å². The van der Waals surface area contributed by atoms with Gasteiger partial charge in [-0.05, 0) is 59.0 Å². The summed E-state index contributed by atoms with van der Waals surface area (Å²) in [5.74, 6) is 0.716. The van der Waals surface area contributed by atoms with Gasteiger partial charge in [-0.2, -0.15) is 0 Å². The van der Waals surface area contributed by atoms with Crippen LogP contribution in [0.2, 0.25) is 0 Å². The monoisotopic (exact) mass is 301 g/mol. The maximum atomic E-state index is 6.27. The van der Waals surface area contributed by atoms with E-state index in [2.05, 4.69) is 46.9 Å². The second kappa shape index (κ2) is 4.62. The topological polar surface area (TPSA) is 26.0 Å². The van der Waals surface area contributed by atoms with Crippen LogP contribution in [0.4, 0.5) is 0 Å². The van der Waals surface area contributed by atoms with Crippen molar-refractivity contribution in [2.24, 2.45) is 11.7 Å². The van der Waals surface area contributed by atoms with Crippen molar-refractivity contribution < 1.29 is 0 Å². The average molecular weight is 301 g/mol. The van der Waals surface area contributed by atoms with Crippen molar-refractivity contribution in [1.29, 1.82) is 0 Å². The molecule has 1 aromatic rings. The highest BCUT2D eigenvalue weighted by Gasteiger charge is 2.22. The van der Waals surface area contributed by atoms with Gasteiger partial charge in [0.15, 0.2) is 0 Å². The van der Waals surface area contributed by atoms with E-state index >= 15 is 0 Å². The molecule has 2 N–H and O–H groups in total. The number of hydrogen-bond acceptors (Lipinski definition) is 1. The van der Waals surface area contributed by atoms with Crippen molar-refractivity contribution in [2.45, 2.75) is 31.7 Å². The molecule has 2 rings (SSSR count). The summed E-state index contributed by atoms with van der Waals surface area (Å²) < 4.78 is 1.29. The summed E-state index contributed by atoms with van der Waals surface area (Å²) in [5.41, 5.74) is 7.57. The minimum absolute atomic E-state index is 0.257. The molecule has 1 nitrogen and oxygen atoms in total. The first-order valence-corrected chi connectivity index (χ1v) is 6.36. The van der Waals surface area contributed by atoms with Gasteiger partial charge in [-0.25, -0.2) is 0 Å². The number of halogens is 1. The van der Waals surface area contributed by atoms with E-state index in [-0.39, 0.29) is 6.04 Å². The smallest absolute Gasteiger partial charge is 0.0323 e. The second-order valence-corrected chi connectivity index (χ2v) is 5.37. The molecule has 1 aliphatic rings. The van der Waals surface area contributed by atoms with Crippen LogP contribution in [-0.4, -0.2) is 0 Å². The van der Waals surface area contributed by atoms with Gasteiger partial charge in [0.2, 0.25) is 0 Å². The lowest BCUT2D eigenvalue weighted by Crippen LogP contribution is -2.19. The average Bonchev–Trinajstić information content (AvgIpc) is 2.69. The molecular formula is C12H16IN. The number of rotatable bonds is 2. The molecule has 0 unspecified atom stereocenters. The van der Waals surface area contributed by atoms with E-state index in [9.17, 15) is 0 Å². The van der Waals surface area contributed by atoms with E-state index in [0.717, 1.165) is 0 Å². The summed E-state index contributed by atoms with van der Waals surface area (Å²) >= 11 is 2.35. The summed E-state index contributed by atoms with van der Waals surface area (Å²) in [6.07, 6.45) is 5.35. The van der Waals surface area contributed by atoms with Gasteiger partial charge in [0.05, 0.1) is 0 Å². The Bertz CT molecular complexity index is 305. The molecule has 0 spiro atoms. The molecule has 0 heterocycles. The molecule has 0 bridgehead atoms. The van der Waals surface area contributed by atoms with Crippen LogP contribution in [0.15, 0.2) is 24.3 Å². The molecule has 0 saturated heterocycles. The van der Waals surface area contributed by atoms with Gasteiger partial charge in [-0.3, -0.25) is 0 Å². The molecule has 1 aromatic carbocycles. The quantitative estimate of drug-likeness (QED) is 0.832. The summed E-state index contributed by atoms with van der Waals surface area (Å²) in [7, 11) is 0. The Labute approximate surface area is 99.2 Å². The first kappa shape index (κ1) is 10.4. The lowest BCUT2D eigenvalue weighted by atomic mass is 9.93. The number of nitrogens with two attached hydrogens (primary N) is 1. The van der Waals surface area contributed by atoms with Crippen LogP contribution >= 0.6 is 22.6 Å². The van der Waals surface area contributed by atoms with E-state index in [4.69, 9.17) is 5.73 Å². The van der Waals surface area contributed by atoms with Crippen LogP contribution < -0.4 is 5.73 Å². The van der Waals surface area contributed by atoms with Crippen LogP contribution in [0.5, 0.6) is 0 Å². The third kappa shape index (κ3) is 2.28. The van der Waals surface area contributed by atoms with Crippen molar-refractivity contribution in [1.82, 2.24) is 0 Å². The SMILES string of the molecule is N[C@@H](c1cccc(I)c1)C1CCCC1. The Morgan fingerprint density at radius 1 is 1.29 bits per heavy atom. The van der Waals surface area contributed by atoms with Gasteiger partial charge >= 0.3 is 0 Å². The first-order valence-electron chi connectivity index (χ1n) is 5.28. The van der Waals surface area contributed by atoms with Gasteiger partial charge in [0.1, 0.15) is 0 Å². The second-order valence-electron chi connectivity index (χ2n) is 4.13. The van der Waals surface area contributed by atoms with Crippen molar-refractivity contribution in [3.63, 3.8) is 0 Å². The van der Waals surface area contributed by atoms with Gasteiger partial charge in [0, 0.05) is 9.61 Å². The van der Waals surface area contributed by atoms with Crippen molar-refractivity contribution in [2.75, 3.05) is 0 Å². The fourth-order valence-corrected chi connectivity index (χ4v) is 2.87. The molecule has 0 aliphatic heterocycles. The van der Waals surface area contributed by atoms with Gasteiger partial charge in [-0.15, -0.1) is 0 Å². The third-order valence-corrected chi connectivity index (χ3v) is 3.81. The zero-order valence-electron chi connectivity index (χ0n) is 8.25. The van der Waals surface area contributed by atoms with Crippen LogP contribution in [0.25, 0.3) is 0 Å². The normalized spacial score (nSPS) is 19.9. The van der Waals surface area contributed by atoms with Gasteiger partial charge in [0.25, 0.3) is 0 Å². The fourth-order valence-electron chi connectivity index (χ4n) is 2.30. The Kier molecular flexibility index (Phi) is 3.44. The molecular weight excluding hydrogens is 285 g/mol. The summed E-state index contributed by atoms with van der Waals surface area (Å²) in [4.78, 5) is 0. The van der Waals surface area contributed by atoms with E-state index in [1.165, 1.54) is 34.8 Å². The molecule has 76 valence electrons. The number of benzene rings is 1. The van der Waals surface area contributed by atoms with Crippen molar-refractivity contribution in [3.05, 3.63) is 33.4 Å². The predicted octanol–water partition coefficient (Wildman–Crippen LogP) is 3.48. The molecule has 2 heteroatoms. The first-order chi connectivity index (χ1) is 6.77. The van der Waals surface area contributed by atoms with E-state index < -0.39 is 0 Å². The molecule has 1 atom stereocenters. The van der Waals surface area contributed by atoms with Crippen LogP contribution in [0.1, 0.15) is 37.3 Å². The lowest BCUT2D eigenvalue weighted by molar-refractivity contribution is 0.445. The molecule has 0 aromatic heterocycles. The lowest BCUT2D eigenvalue weighted by Gasteiger charge is -2.19. The maximum Gasteiger partial charge on any atom is 0.0323 e. The van der Waals surface area contributed by atoms with Gasteiger partial charge in [-0.1, -0.05) is 25.0 Å². The molecule has 1 saturated carbocycles. The maximum absolute atomic E-state index is 6.27. The third-order valence-electron chi connectivity index (χ3n) is 3.14. The molecule has 0 radical (unpaired) electrons. The van der Waals surface area contributed by atoms with Gasteiger partial charge < -0.3 is 5.73 Å². The molecule has 0 amide bonds. The largest absolute Gasteiger partial charge is 0.324 e. The minimum Gasteiger partial charge on any atom is -0.324 e.